The molecule has 0 fully saturated rings. The third kappa shape index (κ3) is 4.32. The van der Waals surface area contributed by atoms with Gasteiger partial charge in [0.25, 0.3) is 0 Å². The van der Waals surface area contributed by atoms with Crippen LogP contribution in [0.4, 0.5) is 0 Å². The van der Waals surface area contributed by atoms with E-state index in [0.717, 1.165) is 0 Å². The second kappa shape index (κ2) is 5.99. The summed E-state index contributed by atoms with van der Waals surface area (Å²) >= 11 is 0. The van der Waals surface area contributed by atoms with Gasteiger partial charge in [-0.1, -0.05) is 18.2 Å². The Balaban J connectivity index is 4.39. The molecule has 12 heavy (non-hydrogen) atoms. The number of allylic oxidation sites excluding steroid dienone is 2. The van der Waals surface area contributed by atoms with Crippen LogP contribution in [0.3, 0.4) is 0 Å². The lowest BCUT2D eigenvalue weighted by Gasteiger charge is -2.07. The van der Waals surface area contributed by atoms with Gasteiger partial charge in [0.15, 0.2) is 0 Å². The summed E-state index contributed by atoms with van der Waals surface area (Å²) in [4.78, 5) is 0. The smallest absolute Gasteiger partial charge is 0.246 e. The number of hydrogen-bond acceptors (Lipinski definition) is 2. The predicted octanol–water partition coefficient (Wildman–Crippen LogP) is 3.53. The fourth-order valence-electron chi connectivity index (χ4n) is 0.721. The van der Waals surface area contributed by atoms with Gasteiger partial charge in [0, 0.05) is 11.6 Å². The highest BCUT2D eigenvalue weighted by molar-refractivity contribution is 7.65. The summed E-state index contributed by atoms with van der Waals surface area (Å²) in [7, 11) is -2.67. The first-order valence-corrected chi connectivity index (χ1v) is 5.57. The van der Waals surface area contributed by atoms with Crippen molar-refractivity contribution in [2.24, 2.45) is 0 Å². The molecule has 0 aromatic heterocycles. The average molecular weight is 186 g/mol. The molecule has 0 aliphatic carbocycles. The van der Waals surface area contributed by atoms with Crippen LogP contribution in [0.2, 0.25) is 0 Å². The van der Waals surface area contributed by atoms with Gasteiger partial charge in [0.2, 0.25) is 7.37 Å². The van der Waals surface area contributed by atoms with Crippen molar-refractivity contribution in [2.45, 2.75) is 13.8 Å². The number of hydrogen-bond donors (Lipinski definition) is 0. The van der Waals surface area contributed by atoms with E-state index < -0.39 is 7.37 Å². The molecule has 0 saturated carbocycles. The SMILES string of the molecule is C=CCOP(=O)(C=CC)C=CC. The highest BCUT2D eigenvalue weighted by atomic mass is 31.2. The van der Waals surface area contributed by atoms with Crippen molar-refractivity contribution < 1.29 is 9.09 Å². The Morgan fingerprint density at radius 3 is 2.17 bits per heavy atom. The van der Waals surface area contributed by atoms with Crippen molar-refractivity contribution in [3.63, 3.8) is 0 Å². The van der Waals surface area contributed by atoms with Crippen LogP contribution in [-0.2, 0) is 9.09 Å². The summed E-state index contributed by atoms with van der Waals surface area (Å²) < 4.78 is 16.9. The summed E-state index contributed by atoms with van der Waals surface area (Å²) in [6.45, 7) is 7.43. The molecular formula is C9H15O2P. The fourth-order valence-corrected chi connectivity index (χ4v) is 2.16. The van der Waals surface area contributed by atoms with E-state index in [-0.39, 0.29) is 0 Å². The summed E-state index contributed by atoms with van der Waals surface area (Å²) in [5.74, 6) is 3.16. The molecule has 0 aliphatic heterocycles. The van der Waals surface area contributed by atoms with Crippen LogP contribution >= 0.6 is 7.37 Å². The standard InChI is InChI=1S/C9H15O2P/c1-4-7-11-12(10,8-5-2)9-6-3/h4-6,8-9H,1,7H2,2-3H3. The van der Waals surface area contributed by atoms with Gasteiger partial charge < -0.3 is 4.52 Å². The third-order valence-electron chi connectivity index (χ3n) is 1.11. The van der Waals surface area contributed by atoms with E-state index in [4.69, 9.17) is 4.52 Å². The molecular weight excluding hydrogens is 171 g/mol. The van der Waals surface area contributed by atoms with Gasteiger partial charge in [-0.15, -0.1) is 6.58 Å². The monoisotopic (exact) mass is 186 g/mol. The fraction of sp³-hybridized carbons (Fsp3) is 0.333. The molecule has 0 amide bonds. The van der Waals surface area contributed by atoms with Crippen molar-refractivity contribution in [1.82, 2.24) is 0 Å². The van der Waals surface area contributed by atoms with E-state index in [2.05, 4.69) is 6.58 Å². The lowest BCUT2D eigenvalue weighted by molar-refractivity contribution is 0.367. The highest BCUT2D eigenvalue weighted by Gasteiger charge is 2.12. The first-order valence-electron chi connectivity index (χ1n) is 3.81. The molecule has 3 heteroatoms. The minimum absolute atomic E-state index is 0.311. The van der Waals surface area contributed by atoms with Crippen molar-refractivity contribution in [3.8, 4) is 0 Å². The van der Waals surface area contributed by atoms with Crippen molar-refractivity contribution in [1.29, 1.82) is 0 Å². The maximum atomic E-state index is 11.7. The van der Waals surface area contributed by atoms with E-state index in [1.807, 2.05) is 13.8 Å². The van der Waals surface area contributed by atoms with Crippen LogP contribution in [-0.4, -0.2) is 6.61 Å². The molecule has 0 spiro atoms. The highest BCUT2D eigenvalue weighted by Crippen LogP contribution is 2.49. The van der Waals surface area contributed by atoms with Crippen LogP contribution < -0.4 is 0 Å². The molecule has 0 rings (SSSR count). The third-order valence-corrected chi connectivity index (χ3v) is 3.09. The Labute approximate surface area is 74.1 Å². The molecule has 0 bridgehead atoms. The first kappa shape index (κ1) is 11.4. The molecule has 0 radical (unpaired) electrons. The summed E-state index contributed by atoms with van der Waals surface area (Å²) in [6.07, 6.45) is 5.04. The number of rotatable bonds is 5. The Morgan fingerprint density at radius 1 is 1.33 bits per heavy atom. The van der Waals surface area contributed by atoms with Gasteiger partial charge in [-0.05, 0) is 13.8 Å². The maximum Gasteiger partial charge on any atom is 0.246 e. The molecule has 0 aliphatic rings. The molecule has 2 nitrogen and oxygen atoms in total. The zero-order chi connectivity index (χ0) is 9.45. The molecule has 0 unspecified atom stereocenters. The quantitative estimate of drug-likeness (QED) is 0.485. The largest absolute Gasteiger partial charge is 0.319 e. The van der Waals surface area contributed by atoms with E-state index in [1.165, 1.54) is 0 Å². The second-order valence-electron chi connectivity index (χ2n) is 2.19. The topological polar surface area (TPSA) is 26.3 Å². The van der Waals surface area contributed by atoms with Gasteiger partial charge in [-0.3, -0.25) is 4.57 Å². The first-order chi connectivity index (χ1) is 5.68. The predicted molar refractivity (Wildman–Crippen MR) is 53.4 cm³/mol. The summed E-state index contributed by atoms with van der Waals surface area (Å²) in [6, 6.07) is 0. The molecule has 0 N–H and O–H groups in total. The normalized spacial score (nSPS) is 16.8. The van der Waals surface area contributed by atoms with Crippen LogP contribution in [0, 0.1) is 0 Å². The van der Waals surface area contributed by atoms with E-state index >= 15 is 0 Å². The molecule has 0 aromatic rings. The molecule has 0 atom stereocenters. The Morgan fingerprint density at radius 2 is 1.83 bits per heavy atom. The minimum Gasteiger partial charge on any atom is -0.319 e. The van der Waals surface area contributed by atoms with Gasteiger partial charge in [-0.25, -0.2) is 0 Å². The Kier molecular flexibility index (Phi) is 5.69. The lowest BCUT2D eigenvalue weighted by atomic mass is 10.7. The van der Waals surface area contributed by atoms with Crippen LogP contribution in [0.25, 0.3) is 0 Å². The average Bonchev–Trinajstić information content (AvgIpc) is 2.02. The van der Waals surface area contributed by atoms with Gasteiger partial charge >= 0.3 is 0 Å². The molecule has 0 saturated heterocycles. The lowest BCUT2D eigenvalue weighted by Crippen LogP contribution is -1.84. The van der Waals surface area contributed by atoms with Crippen molar-refractivity contribution in [3.05, 3.63) is 36.4 Å². The minimum atomic E-state index is -2.67. The maximum absolute atomic E-state index is 11.7. The zero-order valence-electron chi connectivity index (χ0n) is 7.56. The van der Waals surface area contributed by atoms with Crippen molar-refractivity contribution in [2.75, 3.05) is 6.61 Å². The summed E-state index contributed by atoms with van der Waals surface area (Å²) in [5, 5.41) is 0. The second-order valence-corrected chi connectivity index (χ2v) is 4.34. The van der Waals surface area contributed by atoms with Gasteiger partial charge in [-0.2, -0.15) is 0 Å². The van der Waals surface area contributed by atoms with E-state index in [0.29, 0.717) is 6.61 Å². The molecule has 0 heterocycles. The summed E-state index contributed by atoms with van der Waals surface area (Å²) in [5.41, 5.74) is 0. The van der Waals surface area contributed by atoms with Gasteiger partial charge in [0.1, 0.15) is 0 Å². The Hall–Kier alpha value is -0.590. The molecule has 0 aromatic carbocycles. The zero-order valence-corrected chi connectivity index (χ0v) is 8.46. The van der Waals surface area contributed by atoms with Gasteiger partial charge in [0.05, 0.1) is 6.61 Å². The van der Waals surface area contributed by atoms with Crippen molar-refractivity contribution >= 4 is 7.37 Å². The van der Waals surface area contributed by atoms with E-state index in [1.54, 1.807) is 29.9 Å². The Bertz CT molecular complexity index is 213. The van der Waals surface area contributed by atoms with Crippen LogP contribution in [0.1, 0.15) is 13.8 Å². The van der Waals surface area contributed by atoms with Crippen LogP contribution in [0.5, 0.6) is 0 Å². The van der Waals surface area contributed by atoms with E-state index in [9.17, 15) is 4.57 Å². The molecule has 68 valence electrons. The van der Waals surface area contributed by atoms with Crippen LogP contribution in [0.15, 0.2) is 36.4 Å².